The van der Waals surface area contributed by atoms with E-state index in [0.717, 1.165) is 12.1 Å². The third-order valence-corrected chi connectivity index (χ3v) is 2.37. The predicted octanol–water partition coefficient (Wildman–Crippen LogP) is 2.32. The van der Waals surface area contributed by atoms with Gasteiger partial charge in [0, 0.05) is 5.56 Å². The van der Waals surface area contributed by atoms with Crippen molar-refractivity contribution in [2.24, 2.45) is 5.41 Å². The number of hydrogen-bond donors (Lipinski definition) is 2. The molecule has 1 aromatic carbocycles. The molecule has 0 atom stereocenters. The van der Waals surface area contributed by atoms with Gasteiger partial charge in [0.2, 0.25) is 0 Å². The number of aliphatic carboxylic acids is 1. The molecule has 0 aliphatic carbocycles. The van der Waals surface area contributed by atoms with Crippen LogP contribution in [0.3, 0.4) is 0 Å². The fourth-order valence-corrected chi connectivity index (χ4v) is 1.27. The first-order valence-electron chi connectivity index (χ1n) is 4.65. The van der Waals surface area contributed by atoms with Crippen LogP contribution in [0, 0.1) is 17.0 Å². The number of halogens is 2. The van der Waals surface area contributed by atoms with Crippen LogP contribution in [-0.2, 0) is 11.2 Å². The van der Waals surface area contributed by atoms with Gasteiger partial charge in [0.25, 0.3) is 0 Å². The van der Waals surface area contributed by atoms with Crippen molar-refractivity contribution in [2.45, 2.75) is 20.3 Å². The summed E-state index contributed by atoms with van der Waals surface area (Å²) in [6.45, 7) is 2.75. The minimum atomic E-state index is -1.27. The zero-order valence-corrected chi connectivity index (χ0v) is 8.92. The molecule has 2 N–H and O–H groups in total. The lowest BCUT2D eigenvalue weighted by Crippen LogP contribution is -2.26. The third-order valence-electron chi connectivity index (χ3n) is 2.37. The van der Waals surface area contributed by atoms with Gasteiger partial charge in [-0.05, 0) is 32.4 Å². The van der Waals surface area contributed by atoms with Gasteiger partial charge in [0.15, 0.2) is 11.6 Å². The number of phenols is 1. The maximum Gasteiger partial charge on any atom is 0.309 e. The van der Waals surface area contributed by atoms with Gasteiger partial charge in [-0.2, -0.15) is 0 Å². The topological polar surface area (TPSA) is 57.5 Å². The second-order valence-electron chi connectivity index (χ2n) is 4.22. The average Bonchev–Trinajstić information content (AvgIpc) is 2.18. The van der Waals surface area contributed by atoms with E-state index < -0.39 is 28.8 Å². The average molecular weight is 230 g/mol. The number of hydrogen-bond acceptors (Lipinski definition) is 2. The van der Waals surface area contributed by atoms with Gasteiger partial charge in [-0.15, -0.1) is 0 Å². The maximum atomic E-state index is 13.3. The first kappa shape index (κ1) is 12.4. The van der Waals surface area contributed by atoms with Crippen LogP contribution in [0.1, 0.15) is 19.4 Å². The highest BCUT2D eigenvalue weighted by Crippen LogP contribution is 2.30. The van der Waals surface area contributed by atoms with Gasteiger partial charge in [-0.3, -0.25) is 4.79 Å². The Balaban J connectivity index is 3.15. The highest BCUT2D eigenvalue weighted by atomic mass is 19.2. The molecule has 0 aromatic heterocycles. The summed E-state index contributed by atoms with van der Waals surface area (Å²) < 4.78 is 26.2. The van der Waals surface area contributed by atoms with Crippen LogP contribution in [0.5, 0.6) is 5.75 Å². The molecule has 0 aliphatic rings. The number of benzene rings is 1. The molecule has 0 heterocycles. The van der Waals surface area contributed by atoms with Crippen molar-refractivity contribution in [1.29, 1.82) is 0 Å². The van der Waals surface area contributed by atoms with Crippen molar-refractivity contribution in [1.82, 2.24) is 0 Å². The van der Waals surface area contributed by atoms with Gasteiger partial charge in [-0.25, -0.2) is 8.78 Å². The van der Waals surface area contributed by atoms with Gasteiger partial charge in [-0.1, -0.05) is 0 Å². The third kappa shape index (κ3) is 2.29. The molecule has 1 rings (SSSR count). The molecule has 16 heavy (non-hydrogen) atoms. The molecule has 0 bridgehead atoms. The molecule has 0 saturated heterocycles. The predicted molar refractivity (Wildman–Crippen MR) is 53.1 cm³/mol. The van der Waals surface area contributed by atoms with Crippen LogP contribution in [0.2, 0.25) is 0 Å². The molecule has 0 fully saturated rings. The Kier molecular flexibility index (Phi) is 3.16. The van der Waals surface area contributed by atoms with Crippen LogP contribution in [0.25, 0.3) is 0 Å². The number of rotatable bonds is 3. The van der Waals surface area contributed by atoms with E-state index in [9.17, 15) is 18.7 Å². The Morgan fingerprint density at radius 2 is 1.94 bits per heavy atom. The van der Waals surface area contributed by atoms with Crippen LogP contribution in [0.4, 0.5) is 8.78 Å². The van der Waals surface area contributed by atoms with Crippen LogP contribution < -0.4 is 0 Å². The Hall–Kier alpha value is -1.65. The van der Waals surface area contributed by atoms with Crippen LogP contribution in [-0.4, -0.2) is 16.2 Å². The molecule has 5 heteroatoms. The van der Waals surface area contributed by atoms with Crippen molar-refractivity contribution in [3.05, 3.63) is 29.3 Å². The first-order valence-corrected chi connectivity index (χ1v) is 4.65. The van der Waals surface area contributed by atoms with E-state index in [1.807, 2.05) is 0 Å². The van der Waals surface area contributed by atoms with Crippen LogP contribution >= 0.6 is 0 Å². The quantitative estimate of drug-likeness (QED) is 0.837. The smallest absolute Gasteiger partial charge is 0.309 e. The van der Waals surface area contributed by atoms with Gasteiger partial charge in [0.05, 0.1) is 5.41 Å². The zero-order chi connectivity index (χ0) is 12.5. The molecule has 0 spiro atoms. The second-order valence-corrected chi connectivity index (χ2v) is 4.22. The van der Waals surface area contributed by atoms with E-state index in [-0.39, 0.29) is 12.0 Å². The maximum absolute atomic E-state index is 13.3. The Morgan fingerprint density at radius 1 is 1.38 bits per heavy atom. The highest BCUT2D eigenvalue weighted by Gasteiger charge is 2.30. The summed E-state index contributed by atoms with van der Waals surface area (Å²) in [5.41, 5.74) is -1.58. The summed E-state index contributed by atoms with van der Waals surface area (Å²) in [5, 5.41) is 18.2. The molecular weight excluding hydrogens is 218 g/mol. The van der Waals surface area contributed by atoms with E-state index in [4.69, 9.17) is 5.11 Å². The van der Waals surface area contributed by atoms with Gasteiger partial charge < -0.3 is 10.2 Å². The molecule has 0 aliphatic heterocycles. The molecular formula is C11H12F2O3. The molecule has 1 aromatic rings. The van der Waals surface area contributed by atoms with Gasteiger partial charge >= 0.3 is 5.97 Å². The standard InChI is InChI=1S/C11H12F2O3/c1-11(2,10(15)16)5-6-8(14)4-3-7(12)9(6)13/h3-4,14H,5H2,1-2H3,(H,15,16). The number of carboxylic acids is 1. The number of carbonyl (C=O) groups is 1. The van der Waals surface area contributed by atoms with Crippen LogP contribution in [0.15, 0.2) is 12.1 Å². The lowest BCUT2D eigenvalue weighted by molar-refractivity contribution is -0.146. The van der Waals surface area contributed by atoms with Crippen molar-refractivity contribution < 1.29 is 23.8 Å². The SMILES string of the molecule is CC(C)(Cc1c(O)ccc(F)c1F)C(=O)O. The fourth-order valence-electron chi connectivity index (χ4n) is 1.27. The van der Waals surface area contributed by atoms with Crippen molar-refractivity contribution in [3.8, 4) is 5.75 Å². The molecule has 0 unspecified atom stereocenters. The Bertz CT molecular complexity index is 427. The zero-order valence-electron chi connectivity index (χ0n) is 8.92. The van der Waals surface area contributed by atoms with E-state index in [1.165, 1.54) is 13.8 Å². The van der Waals surface area contributed by atoms with Crippen molar-refractivity contribution in [2.75, 3.05) is 0 Å². The first-order chi connectivity index (χ1) is 7.25. The molecule has 0 amide bonds. The summed E-state index contributed by atoms with van der Waals surface area (Å²) in [7, 11) is 0. The molecule has 88 valence electrons. The molecule has 3 nitrogen and oxygen atoms in total. The molecule has 0 radical (unpaired) electrons. The summed E-state index contributed by atoms with van der Waals surface area (Å²) in [4.78, 5) is 10.8. The largest absolute Gasteiger partial charge is 0.508 e. The van der Waals surface area contributed by atoms with Crippen molar-refractivity contribution >= 4 is 5.97 Å². The normalized spacial score (nSPS) is 11.5. The summed E-state index contributed by atoms with van der Waals surface area (Å²) in [6, 6.07) is 1.80. The Labute approximate surface area is 91.3 Å². The summed E-state index contributed by atoms with van der Waals surface area (Å²) in [6.07, 6.45) is -0.280. The summed E-state index contributed by atoms with van der Waals surface area (Å²) >= 11 is 0. The summed E-state index contributed by atoms with van der Waals surface area (Å²) in [5.74, 6) is -3.88. The Morgan fingerprint density at radius 3 is 2.44 bits per heavy atom. The minimum absolute atomic E-state index is 0.280. The number of phenolic OH excluding ortho intramolecular Hbond substituents is 1. The van der Waals surface area contributed by atoms with E-state index in [0.29, 0.717) is 0 Å². The number of carboxylic acid groups (broad SMARTS) is 1. The highest BCUT2D eigenvalue weighted by molar-refractivity contribution is 5.74. The lowest BCUT2D eigenvalue weighted by atomic mass is 9.85. The fraction of sp³-hybridized carbons (Fsp3) is 0.364. The minimum Gasteiger partial charge on any atom is -0.508 e. The second kappa shape index (κ2) is 4.08. The van der Waals surface area contributed by atoms with E-state index in [1.54, 1.807) is 0 Å². The monoisotopic (exact) mass is 230 g/mol. The van der Waals surface area contributed by atoms with Crippen molar-refractivity contribution in [3.63, 3.8) is 0 Å². The van der Waals surface area contributed by atoms with E-state index in [2.05, 4.69) is 0 Å². The number of aromatic hydroxyl groups is 1. The van der Waals surface area contributed by atoms with Gasteiger partial charge in [0.1, 0.15) is 5.75 Å². The molecule has 0 saturated carbocycles. The van der Waals surface area contributed by atoms with E-state index >= 15 is 0 Å². The lowest BCUT2D eigenvalue weighted by Gasteiger charge is -2.20.